The summed E-state index contributed by atoms with van der Waals surface area (Å²) in [6.07, 6.45) is 14.5. The first-order valence-corrected chi connectivity index (χ1v) is 16.6. The zero-order chi connectivity index (χ0) is 28.0. The van der Waals surface area contributed by atoms with Gasteiger partial charge >= 0.3 is 7.82 Å². The van der Waals surface area contributed by atoms with Gasteiger partial charge in [0.05, 0.1) is 6.17 Å². The number of ether oxygens (including phenoxy) is 1. The molecule has 1 spiro atoms. The van der Waals surface area contributed by atoms with Gasteiger partial charge in [-0.2, -0.15) is 4.57 Å². The van der Waals surface area contributed by atoms with E-state index >= 15 is 0 Å². The van der Waals surface area contributed by atoms with E-state index in [2.05, 4.69) is 10.2 Å². The molecule has 0 amide bonds. The van der Waals surface area contributed by atoms with E-state index in [9.17, 15) is 4.57 Å². The summed E-state index contributed by atoms with van der Waals surface area (Å²) >= 11 is 0. The van der Waals surface area contributed by atoms with E-state index in [1.807, 2.05) is 48.5 Å². The lowest BCUT2D eigenvalue weighted by molar-refractivity contribution is -0.000307. The second-order valence-electron chi connectivity index (χ2n) is 11.6. The highest BCUT2D eigenvalue weighted by Crippen LogP contribution is 2.50. The molecule has 1 saturated heterocycles. The maximum atomic E-state index is 13.9. The minimum Gasteiger partial charge on any atom is -0.478 e. The van der Waals surface area contributed by atoms with Gasteiger partial charge in [-0.05, 0) is 74.6 Å². The van der Waals surface area contributed by atoms with Crippen LogP contribution in [-0.2, 0) is 11.1 Å². The van der Waals surface area contributed by atoms with Crippen LogP contribution >= 0.6 is 7.82 Å². The molecule has 8 heteroatoms. The molecular formula is C33H41N2O5P. The average Bonchev–Trinajstić information content (AvgIpc) is 3.10. The van der Waals surface area contributed by atoms with E-state index in [0.29, 0.717) is 24.0 Å². The Hall–Kier alpha value is -2.99. The highest BCUT2D eigenvalue weighted by molar-refractivity contribution is 7.49. The predicted octanol–water partition coefficient (Wildman–Crippen LogP) is 8.46. The van der Waals surface area contributed by atoms with Crippen molar-refractivity contribution in [1.82, 2.24) is 10.2 Å². The van der Waals surface area contributed by atoms with E-state index in [-0.39, 0.29) is 11.7 Å². The van der Waals surface area contributed by atoms with Gasteiger partial charge in [0.15, 0.2) is 0 Å². The van der Waals surface area contributed by atoms with Gasteiger partial charge in [-0.3, -0.25) is 10.2 Å². The fraction of sp³-hybridized carbons (Fsp3) is 0.455. The van der Waals surface area contributed by atoms with Crippen LogP contribution in [0.1, 0.15) is 76.2 Å². The highest BCUT2D eigenvalue weighted by atomic mass is 31.2. The van der Waals surface area contributed by atoms with Crippen molar-refractivity contribution in [2.45, 2.75) is 88.9 Å². The van der Waals surface area contributed by atoms with Crippen molar-refractivity contribution >= 4 is 7.82 Å². The van der Waals surface area contributed by atoms with Crippen LogP contribution in [0.5, 0.6) is 23.0 Å². The summed E-state index contributed by atoms with van der Waals surface area (Å²) < 4.78 is 37.8. The van der Waals surface area contributed by atoms with Crippen molar-refractivity contribution in [3.05, 3.63) is 84.4 Å². The number of phosphoric ester groups is 1. The summed E-state index contributed by atoms with van der Waals surface area (Å²) in [6.45, 7) is 1.28. The number of piperidine rings is 1. The molecule has 3 aliphatic rings. The second kappa shape index (κ2) is 12.9. The molecule has 0 radical (unpaired) electrons. The van der Waals surface area contributed by atoms with Crippen LogP contribution in [0.25, 0.3) is 0 Å². The molecule has 1 atom stereocenters. The van der Waals surface area contributed by atoms with Gasteiger partial charge in [-0.1, -0.05) is 74.9 Å². The predicted molar refractivity (Wildman–Crippen MR) is 160 cm³/mol. The number of fused-ring (bicyclic) bond motifs is 1. The maximum Gasteiger partial charge on any atom is 0.647 e. The molecule has 3 aromatic rings. The summed E-state index contributed by atoms with van der Waals surface area (Å²) in [5.41, 5.74) is 1.24. The third-order valence-electron chi connectivity index (χ3n) is 8.54. The van der Waals surface area contributed by atoms with E-state index in [0.717, 1.165) is 24.3 Å². The molecule has 7 nitrogen and oxygen atoms in total. The molecule has 0 bridgehead atoms. The van der Waals surface area contributed by atoms with Crippen molar-refractivity contribution in [1.29, 1.82) is 0 Å². The third kappa shape index (κ3) is 7.27. The average molecular weight is 577 g/mol. The molecule has 1 saturated carbocycles. The monoisotopic (exact) mass is 576 g/mol. The molecule has 1 unspecified atom stereocenters. The van der Waals surface area contributed by atoms with Crippen molar-refractivity contribution < 1.29 is 22.9 Å². The van der Waals surface area contributed by atoms with E-state index < -0.39 is 7.82 Å². The van der Waals surface area contributed by atoms with Crippen LogP contribution in [-0.4, -0.2) is 23.3 Å². The summed E-state index contributed by atoms with van der Waals surface area (Å²) in [6, 6.07) is 23.4. The summed E-state index contributed by atoms with van der Waals surface area (Å²) in [5.74, 6) is 2.04. The molecule has 1 N–H and O–H groups in total. The number of phosphoric acid groups is 1. The van der Waals surface area contributed by atoms with Crippen molar-refractivity contribution in [3.8, 4) is 23.0 Å². The Bertz CT molecular complexity index is 1270. The minimum atomic E-state index is -4.06. The molecule has 2 fully saturated rings. The third-order valence-corrected chi connectivity index (χ3v) is 9.84. The number of nitrogens with zero attached hydrogens (tertiary/aromatic N) is 1. The van der Waals surface area contributed by atoms with Gasteiger partial charge in [0.1, 0.15) is 29.7 Å². The van der Waals surface area contributed by atoms with Crippen LogP contribution in [0.2, 0.25) is 0 Å². The highest BCUT2D eigenvalue weighted by Gasteiger charge is 2.38. The molecule has 41 heavy (non-hydrogen) atoms. The summed E-state index contributed by atoms with van der Waals surface area (Å²) in [7, 11) is -4.06. The quantitative estimate of drug-likeness (QED) is 0.283. The molecule has 218 valence electrons. The molecule has 0 aromatic heterocycles. The van der Waals surface area contributed by atoms with Crippen molar-refractivity contribution in [3.63, 3.8) is 0 Å². The van der Waals surface area contributed by atoms with Gasteiger partial charge in [0.2, 0.25) is 0 Å². The van der Waals surface area contributed by atoms with Crippen LogP contribution in [0.15, 0.2) is 78.9 Å². The van der Waals surface area contributed by atoms with Crippen molar-refractivity contribution in [2.24, 2.45) is 0 Å². The number of rotatable bonds is 7. The lowest BCUT2D eigenvalue weighted by Crippen LogP contribution is -2.60. The number of hydrogen-bond acceptors (Lipinski definition) is 7. The van der Waals surface area contributed by atoms with Gasteiger partial charge in [-0.15, -0.1) is 0 Å². The lowest BCUT2D eigenvalue weighted by Gasteiger charge is -2.47. The maximum absolute atomic E-state index is 13.9. The fourth-order valence-electron chi connectivity index (χ4n) is 6.46. The fourth-order valence-corrected chi connectivity index (χ4v) is 7.70. The van der Waals surface area contributed by atoms with E-state index in [1.54, 1.807) is 30.3 Å². The Balaban J connectivity index is 1.18. The smallest absolute Gasteiger partial charge is 0.478 e. The first-order chi connectivity index (χ1) is 20.1. The SMILES string of the molecule is O=P(Oc1ccccc1)(Oc1ccccc1)Oc1ccc2c(c1)CN(C1CCCC3(CCCCCCCC3)N1)CO2. The number of para-hydroxylation sites is 2. The second-order valence-corrected chi connectivity index (χ2v) is 13.0. The standard InChI is InChI=1S/C33H41N2O5P/c36-41(38-28-14-7-5-8-15-28,39-29-16-9-6-10-17-29)40-30-19-20-31-27(24-30)25-35(26-37-31)32-18-13-23-33(34-32)21-11-3-1-2-4-12-22-33/h5-10,14-17,19-20,24,32,34H,1-4,11-13,18,21-23,25-26H2. The zero-order valence-electron chi connectivity index (χ0n) is 23.7. The molecular weight excluding hydrogens is 535 g/mol. The molecule has 1 aliphatic carbocycles. The molecule has 6 rings (SSSR count). The summed E-state index contributed by atoms with van der Waals surface area (Å²) in [4.78, 5) is 2.39. The Morgan fingerprint density at radius 3 is 1.98 bits per heavy atom. The van der Waals surface area contributed by atoms with E-state index in [4.69, 9.17) is 18.3 Å². The zero-order valence-corrected chi connectivity index (χ0v) is 24.6. The Morgan fingerprint density at radius 2 is 1.32 bits per heavy atom. The first-order valence-electron chi connectivity index (χ1n) is 15.1. The minimum absolute atomic E-state index is 0.245. The first kappa shape index (κ1) is 28.1. The Morgan fingerprint density at radius 1 is 0.732 bits per heavy atom. The van der Waals surface area contributed by atoms with Gasteiger partial charge in [0.25, 0.3) is 0 Å². The molecule has 3 aromatic carbocycles. The van der Waals surface area contributed by atoms with Crippen molar-refractivity contribution in [2.75, 3.05) is 6.73 Å². The van der Waals surface area contributed by atoms with Gasteiger partial charge in [-0.25, -0.2) is 0 Å². The van der Waals surface area contributed by atoms with Crippen LogP contribution < -0.4 is 23.6 Å². The lowest BCUT2D eigenvalue weighted by atomic mass is 9.79. The summed E-state index contributed by atoms with van der Waals surface area (Å²) in [5, 5.41) is 4.10. The molecule has 2 heterocycles. The Kier molecular flexibility index (Phi) is 8.85. The van der Waals surface area contributed by atoms with Gasteiger partial charge < -0.3 is 18.3 Å². The largest absolute Gasteiger partial charge is 0.647 e. The van der Waals surface area contributed by atoms with Crippen LogP contribution in [0.3, 0.4) is 0 Å². The number of hydrogen-bond donors (Lipinski definition) is 1. The normalized spacial score (nSPS) is 21.4. The van der Waals surface area contributed by atoms with Crippen LogP contribution in [0.4, 0.5) is 0 Å². The van der Waals surface area contributed by atoms with Crippen LogP contribution in [0, 0.1) is 0 Å². The molecule has 2 aliphatic heterocycles. The number of benzene rings is 3. The van der Waals surface area contributed by atoms with Gasteiger partial charge in [0, 0.05) is 17.6 Å². The van der Waals surface area contributed by atoms with E-state index in [1.165, 1.54) is 64.2 Å². The Labute approximate surface area is 243 Å². The number of nitrogens with one attached hydrogen (secondary N) is 1. The topological polar surface area (TPSA) is 69.3 Å².